The Kier molecular flexibility index (Phi) is 4.82. The zero-order valence-corrected chi connectivity index (χ0v) is 11.9. The molecule has 0 spiro atoms. The maximum Gasteiger partial charge on any atom is 0.328 e. The van der Waals surface area contributed by atoms with E-state index >= 15 is 0 Å². The molecule has 0 aromatic carbocycles. The molecule has 0 radical (unpaired) electrons. The van der Waals surface area contributed by atoms with Gasteiger partial charge < -0.3 is 5.32 Å². The normalized spacial score (nSPS) is 23.5. The molecule has 2 rings (SSSR count). The Bertz CT molecular complexity index is 537. The fraction of sp³-hybridized carbons (Fsp3) is 0.692. The van der Waals surface area contributed by atoms with Crippen LogP contribution in [0, 0.1) is 5.92 Å². The molecule has 2 atom stereocenters. The predicted octanol–water partition coefficient (Wildman–Crippen LogP) is 1.36. The lowest BCUT2D eigenvalue weighted by Gasteiger charge is -2.29. The van der Waals surface area contributed by atoms with Crippen LogP contribution in [0.3, 0.4) is 0 Å². The summed E-state index contributed by atoms with van der Waals surface area (Å²) in [6.07, 6.45) is 6.44. The number of nitrogens with one attached hydrogen (secondary N) is 2. The molecule has 0 aliphatic heterocycles. The average molecular weight is 286 g/mol. The lowest BCUT2D eigenvalue weighted by molar-refractivity contribution is 0.278. The van der Waals surface area contributed by atoms with Gasteiger partial charge in [0.05, 0.1) is 0 Å². The maximum absolute atomic E-state index is 11.6. The highest BCUT2D eigenvalue weighted by Gasteiger charge is 2.20. The van der Waals surface area contributed by atoms with E-state index in [-0.39, 0.29) is 5.02 Å². The van der Waals surface area contributed by atoms with Crippen molar-refractivity contribution in [1.29, 1.82) is 0 Å². The van der Waals surface area contributed by atoms with E-state index in [0.717, 1.165) is 0 Å². The SMILES string of the molecule is CC1CCCCC1NCCn1cc(Cl)c(=O)[nH]c1=O. The van der Waals surface area contributed by atoms with Gasteiger partial charge in [-0.1, -0.05) is 31.4 Å². The Labute approximate surface area is 117 Å². The third-order valence-electron chi connectivity index (χ3n) is 3.84. The van der Waals surface area contributed by atoms with Gasteiger partial charge in [-0.3, -0.25) is 14.3 Å². The standard InChI is InChI=1S/C13H20ClN3O2/c1-9-4-2-3-5-11(9)15-6-7-17-8-10(14)12(18)16-13(17)19/h8-9,11,15H,2-7H2,1H3,(H,16,18,19). The van der Waals surface area contributed by atoms with Crippen LogP contribution in [-0.2, 0) is 6.54 Å². The fourth-order valence-corrected chi connectivity index (χ4v) is 2.80. The smallest absolute Gasteiger partial charge is 0.312 e. The highest BCUT2D eigenvalue weighted by molar-refractivity contribution is 6.30. The van der Waals surface area contributed by atoms with Crippen LogP contribution in [0.15, 0.2) is 15.8 Å². The third kappa shape index (κ3) is 3.70. The van der Waals surface area contributed by atoms with E-state index in [1.54, 1.807) is 0 Å². The number of halogens is 1. The molecular weight excluding hydrogens is 266 g/mol. The lowest BCUT2D eigenvalue weighted by atomic mass is 9.86. The van der Waals surface area contributed by atoms with Gasteiger partial charge in [0, 0.05) is 25.3 Å². The quantitative estimate of drug-likeness (QED) is 0.878. The molecule has 0 bridgehead atoms. The molecule has 1 aromatic rings. The molecule has 2 N–H and O–H groups in total. The van der Waals surface area contributed by atoms with Crippen molar-refractivity contribution in [2.45, 2.75) is 45.2 Å². The second-order valence-electron chi connectivity index (χ2n) is 5.25. The van der Waals surface area contributed by atoms with Crippen molar-refractivity contribution in [3.05, 3.63) is 32.1 Å². The van der Waals surface area contributed by atoms with Crippen molar-refractivity contribution < 1.29 is 0 Å². The second kappa shape index (κ2) is 6.39. The summed E-state index contributed by atoms with van der Waals surface area (Å²) in [5.41, 5.74) is -0.940. The lowest BCUT2D eigenvalue weighted by Crippen LogP contribution is -2.40. The first-order chi connectivity index (χ1) is 9.08. The van der Waals surface area contributed by atoms with E-state index in [2.05, 4.69) is 17.2 Å². The topological polar surface area (TPSA) is 66.9 Å². The van der Waals surface area contributed by atoms with Crippen molar-refractivity contribution in [1.82, 2.24) is 14.9 Å². The van der Waals surface area contributed by atoms with Gasteiger partial charge in [0.15, 0.2) is 0 Å². The van der Waals surface area contributed by atoms with E-state index in [4.69, 9.17) is 11.6 Å². The summed E-state index contributed by atoms with van der Waals surface area (Å²) in [4.78, 5) is 24.9. The molecule has 106 valence electrons. The molecular formula is C13H20ClN3O2. The number of hydrogen-bond donors (Lipinski definition) is 2. The summed E-state index contributed by atoms with van der Waals surface area (Å²) in [7, 11) is 0. The van der Waals surface area contributed by atoms with Crippen molar-refractivity contribution >= 4 is 11.6 Å². The van der Waals surface area contributed by atoms with E-state index in [9.17, 15) is 9.59 Å². The highest BCUT2D eigenvalue weighted by Crippen LogP contribution is 2.23. The second-order valence-corrected chi connectivity index (χ2v) is 5.66. The Morgan fingerprint density at radius 1 is 1.42 bits per heavy atom. The van der Waals surface area contributed by atoms with Gasteiger partial charge in [-0.25, -0.2) is 4.79 Å². The van der Waals surface area contributed by atoms with Gasteiger partial charge in [0.25, 0.3) is 5.56 Å². The molecule has 1 aliphatic rings. The molecule has 1 fully saturated rings. The van der Waals surface area contributed by atoms with Crippen molar-refractivity contribution in [2.75, 3.05) is 6.54 Å². The molecule has 1 heterocycles. The number of nitrogens with zero attached hydrogens (tertiary/aromatic N) is 1. The number of H-pyrrole nitrogens is 1. The molecule has 1 aliphatic carbocycles. The zero-order valence-electron chi connectivity index (χ0n) is 11.1. The molecule has 1 aromatic heterocycles. The number of rotatable bonds is 4. The molecule has 19 heavy (non-hydrogen) atoms. The number of aromatic nitrogens is 2. The molecule has 5 nitrogen and oxygen atoms in total. The Hall–Kier alpha value is -1.07. The van der Waals surface area contributed by atoms with Crippen LogP contribution in [0.2, 0.25) is 5.02 Å². The summed E-state index contributed by atoms with van der Waals surface area (Å²) in [5.74, 6) is 0.685. The Morgan fingerprint density at radius 3 is 2.89 bits per heavy atom. The summed E-state index contributed by atoms with van der Waals surface area (Å²) in [6.45, 7) is 3.48. The highest BCUT2D eigenvalue weighted by atomic mass is 35.5. The van der Waals surface area contributed by atoms with Gasteiger partial charge >= 0.3 is 5.69 Å². The maximum atomic E-state index is 11.6. The van der Waals surface area contributed by atoms with Crippen LogP contribution in [0.25, 0.3) is 0 Å². The van der Waals surface area contributed by atoms with Gasteiger partial charge in [-0.2, -0.15) is 0 Å². The number of aromatic amines is 1. The van der Waals surface area contributed by atoms with Crippen LogP contribution in [0.4, 0.5) is 0 Å². The molecule has 6 heteroatoms. The first-order valence-corrected chi connectivity index (χ1v) is 7.18. The summed E-state index contributed by atoms with van der Waals surface area (Å²) >= 11 is 5.71. The average Bonchev–Trinajstić information content (AvgIpc) is 2.38. The minimum absolute atomic E-state index is 0.0469. The molecule has 2 unspecified atom stereocenters. The number of hydrogen-bond acceptors (Lipinski definition) is 3. The van der Waals surface area contributed by atoms with Crippen LogP contribution in [0.1, 0.15) is 32.6 Å². The van der Waals surface area contributed by atoms with Crippen LogP contribution >= 0.6 is 11.6 Å². The molecule has 1 saturated carbocycles. The van der Waals surface area contributed by atoms with E-state index in [0.29, 0.717) is 25.0 Å². The van der Waals surface area contributed by atoms with E-state index in [1.807, 2.05) is 0 Å². The predicted molar refractivity (Wildman–Crippen MR) is 75.8 cm³/mol. The van der Waals surface area contributed by atoms with Crippen molar-refractivity contribution in [3.8, 4) is 0 Å². The largest absolute Gasteiger partial charge is 0.328 e. The first-order valence-electron chi connectivity index (χ1n) is 6.80. The van der Waals surface area contributed by atoms with Gasteiger partial charge in [-0.05, 0) is 18.8 Å². The Morgan fingerprint density at radius 2 is 2.16 bits per heavy atom. The van der Waals surface area contributed by atoms with Crippen LogP contribution < -0.4 is 16.6 Å². The van der Waals surface area contributed by atoms with E-state index < -0.39 is 11.2 Å². The van der Waals surface area contributed by atoms with Crippen molar-refractivity contribution in [2.24, 2.45) is 5.92 Å². The zero-order chi connectivity index (χ0) is 13.8. The summed E-state index contributed by atoms with van der Waals surface area (Å²) in [5, 5.41) is 3.53. The fourth-order valence-electron chi connectivity index (χ4n) is 2.64. The molecule has 0 saturated heterocycles. The minimum atomic E-state index is -0.531. The van der Waals surface area contributed by atoms with Crippen LogP contribution in [-0.4, -0.2) is 22.1 Å². The summed E-state index contributed by atoms with van der Waals surface area (Å²) < 4.78 is 1.43. The monoisotopic (exact) mass is 285 g/mol. The minimum Gasteiger partial charge on any atom is -0.312 e. The van der Waals surface area contributed by atoms with Gasteiger partial charge in [0.1, 0.15) is 5.02 Å². The Balaban J connectivity index is 1.90. The van der Waals surface area contributed by atoms with Gasteiger partial charge in [-0.15, -0.1) is 0 Å². The third-order valence-corrected chi connectivity index (χ3v) is 4.11. The van der Waals surface area contributed by atoms with E-state index in [1.165, 1.54) is 36.4 Å². The van der Waals surface area contributed by atoms with Crippen molar-refractivity contribution in [3.63, 3.8) is 0 Å². The summed E-state index contributed by atoms with van der Waals surface area (Å²) in [6, 6.07) is 0.530. The molecule has 0 amide bonds. The van der Waals surface area contributed by atoms with Gasteiger partial charge in [0.2, 0.25) is 0 Å². The first kappa shape index (κ1) is 14.3. The van der Waals surface area contributed by atoms with Crippen LogP contribution in [0.5, 0.6) is 0 Å².